The van der Waals surface area contributed by atoms with Crippen molar-refractivity contribution in [3.05, 3.63) is 35.4 Å². The number of hydrogen-bond donors (Lipinski definition) is 1. The van der Waals surface area contributed by atoms with E-state index in [0.29, 0.717) is 5.92 Å². The van der Waals surface area contributed by atoms with Gasteiger partial charge in [-0.25, -0.2) is 0 Å². The SMILES string of the molecule is COCCNCC(=Cc1ccc(N(C)C)cc1)C(C)C. The Morgan fingerprint density at radius 3 is 2.40 bits per heavy atom. The molecule has 112 valence electrons. The molecule has 20 heavy (non-hydrogen) atoms. The van der Waals surface area contributed by atoms with Crippen LogP contribution in [0.2, 0.25) is 0 Å². The summed E-state index contributed by atoms with van der Waals surface area (Å²) in [7, 11) is 5.85. The predicted octanol–water partition coefficient (Wildman–Crippen LogP) is 3.03. The van der Waals surface area contributed by atoms with Gasteiger partial charge in [-0.05, 0) is 23.6 Å². The van der Waals surface area contributed by atoms with Crippen molar-refractivity contribution in [3.8, 4) is 0 Å². The molecule has 0 radical (unpaired) electrons. The van der Waals surface area contributed by atoms with Crippen LogP contribution < -0.4 is 10.2 Å². The fourth-order valence-electron chi connectivity index (χ4n) is 1.91. The summed E-state index contributed by atoms with van der Waals surface area (Å²) in [6, 6.07) is 8.66. The second-order valence-corrected chi connectivity index (χ2v) is 5.53. The molecule has 1 aromatic rings. The van der Waals surface area contributed by atoms with Crippen LogP contribution in [0.3, 0.4) is 0 Å². The summed E-state index contributed by atoms with van der Waals surface area (Å²) >= 11 is 0. The summed E-state index contributed by atoms with van der Waals surface area (Å²) in [4.78, 5) is 2.11. The summed E-state index contributed by atoms with van der Waals surface area (Å²) in [5, 5.41) is 3.42. The highest BCUT2D eigenvalue weighted by Gasteiger charge is 2.03. The summed E-state index contributed by atoms with van der Waals surface area (Å²) in [6.45, 7) is 7.02. The van der Waals surface area contributed by atoms with Gasteiger partial charge in [-0.15, -0.1) is 0 Å². The molecule has 0 aliphatic rings. The highest BCUT2D eigenvalue weighted by atomic mass is 16.5. The van der Waals surface area contributed by atoms with Crippen LogP contribution in [0.5, 0.6) is 0 Å². The quantitative estimate of drug-likeness (QED) is 0.739. The third-order valence-corrected chi connectivity index (χ3v) is 3.32. The fourth-order valence-corrected chi connectivity index (χ4v) is 1.91. The highest BCUT2D eigenvalue weighted by molar-refractivity contribution is 5.58. The molecule has 0 aliphatic carbocycles. The van der Waals surface area contributed by atoms with Gasteiger partial charge in [0, 0.05) is 40.0 Å². The second kappa shape index (κ2) is 8.77. The second-order valence-electron chi connectivity index (χ2n) is 5.53. The molecule has 0 bridgehead atoms. The van der Waals surface area contributed by atoms with Crippen molar-refractivity contribution in [2.75, 3.05) is 45.8 Å². The number of anilines is 1. The molecule has 3 heteroatoms. The largest absolute Gasteiger partial charge is 0.383 e. The van der Waals surface area contributed by atoms with Gasteiger partial charge in [-0.1, -0.05) is 37.6 Å². The maximum Gasteiger partial charge on any atom is 0.0587 e. The van der Waals surface area contributed by atoms with Crippen LogP contribution in [0, 0.1) is 5.92 Å². The Balaban J connectivity index is 2.69. The lowest BCUT2D eigenvalue weighted by Gasteiger charge is -2.14. The van der Waals surface area contributed by atoms with Crippen LogP contribution in [0.25, 0.3) is 6.08 Å². The minimum Gasteiger partial charge on any atom is -0.383 e. The van der Waals surface area contributed by atoms with Gasteiger partial charge in [-0.2, -0.15) is 0 Å². The molecule has 0 fully saturated rings. The first kappa shape index (κ1) is 16.7. The van der Waals surface area contributed by atoms with Gasteiger partial charge in [-0.3, -0.25) is 0 Å². The predicted molar refractivity (Wildman–Crippen MR) is 88.3 cm³/mol. The smallest absolute Gasteiger partial charge is 0.0587 e. The number of nitrogens with one attached hydrogen (secondary N) is 1. The Morgan fingerprint density at radius 2 is 1.90 bits per heavy atom. The fraction of sp³-hybridized carbons (Fsp3) is 0.529. The van der Waals surface area contributed by atoms with E-state index < -0.39 is 0 Å². The number of ether oxygens (including phenoxy) is 1. The Bertz CT molecular complexity index is 408. The molecule has 1 aromatic carbocycles. The summed E-state index contributed by atoms with van der Waals surface area (Å²) in [6.07, 6.45) is 2.28. The number of benzene rings is 1. The van der Waals surface area contributed by atoms with E-state index in [2.05, 4.69) is 68.5 Å². The molecule has 0 aliphatic heterocycles. The molecule has 0 unspecified atom stereocenters. The van der Waals surface area contributed by atoms with Gasteiger partial charge in [0.2, 0.25) is 0 Å². The van der Waals surface area contributed by atoms with Crippen molar-refractivity contribution in [1.29, 1.82) is 0 Å². The van der Waals surface area contributed by atoms with Crippen LogP contribution >= 0.6 is 0 Å². The molecule has 0 saturated heterocycles. The first-order chi connectivity index (χ1) is 9.54. The third kappa shape index (κ3) is 5.76. The van der Waals surface area contributed by atoms with Gasteiger partial charge in [0.15, 0.2) is 0 Å². The highest BCUT2D eigenvalue weighted by Crippen LogP contribution is 2.17. The molecule has 0 saturated carbocycles. The average molecular weight is 276 g/mol. The van der Waals surface area contributed by atoms with Crippen LogP contribution in [0.15, 0.2) is 29.8 Å². The van der Waals surface area contributed by atoms with Crippen molar-refractivity contribution < 1.29 is 4.74 Å². The molecule has 0 atom stereocenters. The first-order valence-electron chi connectivity index (χ1n) is 7.22. The van der Waals surface area contributed by atoms with E-state index >= 15 is 0 Å². The minimum atomic E-state index is 0.540. The van der Waals surface area contributed by atoms with E-state index in [1.807, 2.05) is 0 Å². The Labute approximate surface area is 123 Å². The Morgan fingerprint density at radius 1 is 1.25 bits per heavy atom. The maximum absolute atomic E-state index is 5.05. The van der Waals surface area contributed by atoms with Crippen molar-refractivity contribution in [2.24, 2.45) is 5.92 Å². The van der Waals surface area contributed by atoms with E-state index in [9.17, 15) is 0 Å². The lowest BCUT2D eigenvalue weighted by molar-refractivity contribution is 0.200. The van der Waals surface area contributed by atoms with E-state index in [1.54, 1.807) is 7.11 Å². The van der Waals surface area contributed by atoms with Crippen LogP contribution in [-0.2, 0) is 4.74 Å². The normalized spacial score (nSPS) is 12.0. The number of rotatable bonds is 8. The zero-order valence-electron chi connectivity index (χ0n) is 13.4. The molecular formula is C17H28N2O. The molecule has 0 spiro atoms. The first-order valence-corrected chi connectivity index (χ1v) is 7.22. The maximum atomic E-state index is 5.05. The summed E-state index contributed by atoms with van der Waals surface area (Å²) < 4.78 is 5.05. The lowest BCUT2D eigenvalue weighted by atomic mass is 10.00. The molecule has 0 heterocycles. The molecular weight excluding hydrogens is 248 g/mol. The van der Waals surface area contributed by atoms with E-state index in [1.165, 1.54) is 16.8 Å². The van der Waals surface area contributed by atoms with Crippen molar-refractivity contribution in [1.82, 2.24) is 5.32 Å². The van der Waals surface area contributed by atoms with Gasteiger partial charge < -0.3 is 15.0 Å². The summed E-state index contributed by atoms with van der Waals surface area (Å²) in [5.41, 5.74) is 3.90. The van der Waals surface area contributed by atoms with E-state index in [0.717, 1.165) is 19.7 Å². The van der Waals surface area contributed by atoms with Crippen molar-refractivity contribution >= 4 is 11.8 Å². The van der Waals surface area contributed by atoms with Crippen molar-refractivity contribution in [3.63, 3.8) is 0 Å². The van der Waals surface area contributed by atoms with Crippen molar-refractivity contribution in [2.45, 2.75) is 13.8 Å². The standard InChI is InChI=1S/C17H28N2O/c1-14(2)16(13-18-10-11-20-5)12-15-6-8-17(9-7-15)19(3)4/h6-9,12,14,18H,10-11,13H2,1-5H3. The van der Waals surface area contributed by atoms with Crippen LogP contribution in [-0.4, -0.2) is 40.9 Å². The Hall–Kier alpha value is -1.32. The third-order valence-electron chi connectivity index (χ3n) is 3.32. The zero-order valence-corrected chi connectivity index (χ0v) is 13.4. The number of nitrogens with zero attached hydrogens (tertiary/aromatic N) is 1. The number of methoxy groups -OCH3 is 1. The molecule has 1 N–H and O–H groups in total. The molecule has 0 amide bonds. The average Bonchev–Trinajstić information content (AvgIpc) is 2.42. The van der Waals surface area contributed by atoms with Gasteiger partial charge >= 0.3 is 0 Å². The van der Waals surface area contributed by atoms with Gasteiger partial charge in [0.25, 0.3) is 0 Å². The zero-order chi connectivity index (χ0) is 15.0. The summed E-state index contributed by atoms with van der Waals surface area (Å²) in [5.74, 6) is 0.540. The molecule has 1 rings (SSSR count). The molecule has 0 aromatic heterocycles. The van der Waals surface area contributed by atoms with Crippen LogP contribution in [0.1, 0.15) is 19.4 Å². The van der Waals surface area contributed by atoms with E-state index in [4.69, 9.17) is 4.74 Å². The lowest BCUT2D eigenvalue weighted by Crippen LogP contribution is -2.23. The van der Waals surface area contributed by atoms with E-state index in [-0.39, 0.29) is 0 Å². The number of hydrogen-bond acceptors (Lipinski definition) is 3. The van der Waals surface area contributed by atoms with Crippen LogP contribution in [0.4, 0.5) is 5.69 Å². The van der Waals surface area contributed by atoms with Gasteiger partial charge in [0.1, 0.15) is 0 Å². The van der Waals surface area contributed by atoms with Gasteiger partial charge in [0.05, 0.1) is 6.61 Å². The molecule has 3 nitrogen and oxygen atoms in total. The topological polar surface area (TPSA) is 24.5 Å². The Kier molecular flexibility index (Phi) is 7.34. The monoisotopic (exact) mass is 276 g/mol. The minimum absolute atomic E-state index is 0.540.